The third-order valence-corrected chi connectivity index (χ3v) is 4.53. The highest BCUT2D eigenvalue weighted by Crippen LogP contribution is 2.35. The van der Waals surface area contributed by atoms with E-state index < -0.39 is 11.8 Å². The Morgan fingerprint density at radius 3 is 2.68 bits per heavy atom. The van der Waals surface area contributed by atoms with Gasteiger partial charge in [-0.15, -0.1) is 0 Å². The summed E-state index contributed by atoms with van der Waals surface area (Å²) in [6.07, 6.45) is 1.32. The summed E-state index contributed by atoms with van der Waals surface area (Å²) in [6.45, 7) is 1.70. The summed E-state index contributed by atoms with van der Waals surface area (Å²) in [5.41, 5.74) is 7.51. The van der Waals surface area contributed by atoms with Gasteiger partial charge in [0.1, 0.15) is 0 Å². The molecule has 1 unspecified atom stereocenters. The number of aliphatic hydroxyl groups excluding tert-OH is 1. The average Bonchev–Trinajstić information content (AvgIpc) is 2.43. The first kappa shape index (κ1) is 17.2. The number of nitrogens with two attached hydrogens (primary N) is 1. The first-order valence-electron chi connectivity index (χ1n) is 6.37. The number of nitrogens with zero attached hydrogens (tertiary/aromatic N) is 1. The maximum Gasteiger partial charge on any atom is 0.251 e. The number of pyridine rings is 1. The zero-order valence-corrected chi connectivity index (χ0v) is 14.7. The standard InChI is InChI=1S/C15H13BrCl2N2O2/c1-7-4-8(16)2-3-9(7)10(6-21)14-13(18)12(15(19)22)11(17)5-20-14/h2-5,10,21H,6H2,1H3,(H2,19,22). The van der Waals surface area contributed by atoms with E-state index in [-0.39, 0.29) is 22.2 Å². The van der Waals surface area contributed by atoms with Crippen molar-refractivity contribution in [3.05, 3.63) is 61.3 Å². The van der Waals surface area contributed by atoms with Crippen LogP contribution in [0.2, 0.25) is 10.0 Å². The Hall–Kier alpha value is -1.14. The number of primary amides is 1. The molecule has 2 aromatic rings. The fourth-order valence-electron chi connectivity index (χ4n) is 2.31. The van der Waals surface area contributed by atoms with Crippen molar-refractivity contribution in [2.24, 2.45) is 5.73 Å². The van der Waals surface area contributed by atoms with Gasteiger partial charge in [0.25, 0.3) is 5.91 Å². The van der Waals surface area contributed by atoms with E-state index in [1.165, 1.54) is 6.20 Å². The Kier molecular flexibility index (Phi) is 5.45. The topological polar surface area (TPSA) is 76.2 Å². The number of halogens is 3. The van der Waals surface area contributed by atoms with Crippen LogP contribution >= 0.6 is 39.1 Å². The van der Waals surface area contributed by atoms with Crippen molar-refractivity contribution in [2.75, 3.05) is 6.61 Å². The van der Waals surface area contributed by atoms with E-state index in [0.717, 1.165) is 15.6 Å². The van der Waals surface area contributed by atoms with Crippen molar-refractivity contribution in [1.29, 1.82) is 0 Å². The largest absolute Gasteiger partial charge is 0.395 e. The van der Waals surface area contributed by atoms with Crippen molar-refractivity contribution < 1.29 is 9.90 Å². The first-order valence-corrected chi connectivity index (χ1v) is 7.92. The van der Waals surface area contributed by atoms with Gasteiger partial charge in [-0.05, 0) is 30.2 Å². The van der Waals surface area contributed by atoms with E-state index in [9.17, 15) is 9.90 Å². The zero-order valence-electron chi connectivity index (χ0n) is 11.6. The molecule has 0 fully saturated rings. The number of carbonyl (C=O) groups excluding carboxylic acids is 1. The van der Waals surface area contributed by atoms with Crippen molar-refractivity contribution in [3.8, 4) is 0 Å². The highest BCUT2D eigenvalue weighted by atomic mass is 79.9. The second kappa shape index (κ2) is 6.96. The molecule has 0 radical (unpaired) electrons. The molecular formula is C15H13BrCl2N2O2. The Morgan fingerprint density at radius 2 is 2.14 bits per heavy atom. The predicted octanol–water partition coefficient (Wildman–Crippen LogP) is 3.68. The maximum absolute atomic E-state index is 11.5. The predicted molar refractivity (Wildman–Crippen MR) is 90.6 cm³/mol. The van der Waals surface area contributed by atoms with E-state index >= 15 is 0 Å². The molecule has 0 aliphatic heterocycles. The molecule has 0 aliphatic rings. The van der Waals surface area contributed by atoms with Gasteiger partial charge < -0.3 is 10.8 Å². The van der Waals surface area contributed by atoms with Gasteiger partial charge in [-0.3, -0.25) is 9.78 Å². The van der Waals surface area contributed by atoms with Gasteiger partial charge in [0.05, 0.1) is 33.8 Å². The van der Waals surface area contributed by atoms with Gasteiger partial charge in [-0.1, -0.05) is 45.2 Å². The third-order valence-electron chi connectivity index (χ3n) is 3.37. The molecule has 7 heteroatoms. The molecule has 0 spiro atoms. The van der Waals surface area contributed by atoms with Crippen molar-refractivity contribution in [2.45, 2.75) is 12.8 Å². The summed E-state index contributed by atoms with van der Waals surface area (Å²) in [5.74, 6) is -1.21. The number of aromatic nitrogens is 1. The first-order chi connectivity index (χ1) is 10.4. The smallest absolute Gasteiger partial charge is 0.251 e. The van der Waals surface area contributed by atoms with Crippen LogP contribution in [0.5, 0.6) is 0 Å². The van der Waals surface area contributed by atoms with Crippen molar-refractivity contribution >= 4 is 45.0 Å². The lowest BCUT2D eigenvalue weighted by atomic mass is 9.91. The molecule has 1 atom stereocenters. The van der Waals surface area contributed by atoms with Crippen LogP contribution in [0.4, 0.5) is 0 Å². The van der Waals surface area contributed by atoms with Gasteiger partial charge in [-0.25, -0.2) is 0 Å². The van der Waals surface area contributed by atoms with E-state index in [1.807, 2.05) is 25.1 Å². The number of rotatable bonds is 4. The van der Waals surface area contributed by atoms with Crippen LogP contribution < -0.4 is 5.73 Å². The van der Waals surface area contributed by atoms with Crippen LogP contribution in [0.25, 0.3) is 0 Å². The molecule has 4 nitrogen and oxygen atoms in total. The molecule has 0 saturated heterocycles. The van der Waals surface area contributed by atoms with Crippen molar-refractivity contribution in [3.63, 3.8) is 0 Å². The van der Waals surface area contributed by atoms with Crippen LogP contribution in [0, 0.1) is 6.92 Å². The van der Waals surface area contributed by atoms with Gasteiger partial charge in [0, 0.05) is 10.7 Å². The molecule has 2 rings (SSSR count). The quantitative estimate of drug-likeness (QED) is 0.817. The van der Waals surface area contributed by atoms with Gasteiger partial charge in [-0.2, -0.15) is 0 Å². The lowest BCUT2D eigenvalue weighted by Gasteiger charge is -2.19. The van der Waals surface area contributed by atoms with Crippen LogP contribution in [0.15, 0.2) is 28.9 Å². The Bertz CT molecular complexity index is 738. The van der Waals surface area contributed by atoms with Crippen molar-refractivity contribution in [1.82, 2.24) is 4.98 Å². The highest BCUT2D eigenvalue weighted by Gasteiger charge is 2.24. The number of amides is 1. The molecule has 22 heavy (non-hydrogen) atoms. The summed E-state index contributed by atoms with van der Waals surface area (Å²) in [7, 11) is 0. The van der Waals surface area contributed by atoms with Gasteiger partial charge >= 0.3 is 0 Å². The number of aliphatic hydroxyl groups is 1. The molecule has 0 aliphatic carbocycles. The highest BCUT2D eigenvalue weighted by molar-refractivity contribution is 9.10. The molecule has 1 heterocycles. The minimum Gasteiger partial charge on any atom is -0.395 e. The van der Waals surface area contributed by atoms with E-state index in [4.69, 9.17) is 28.9 Å². The normalized spacial score (nSPS) is 12.2. The van der Waals surface area contributed by atoms with Crippen LogP contribution in [-0.2, 0) is 0 Å². The summed E-state index contributed by atoms with van der Waals surface area (Å²) in [6, 6.07) is 5.66. The second-order valence-corrected chi connectivity index (χ2v) is 6.48. The van der Waals surface area contributed by atoms with Gasteiger partial charge in [0.2, 0.25) is 0 Å². The molecular weight excluding hydrogens is 391 g/mol. The third kappa shape index (κ3) is 3.27. The Balaban J connectivity index is 2.62. The summed E-state index contributed by atoms with van der Waals surface area (Å²) < 4.78 is 0.929. The second-order valence-electron chi connectivity index (χ2n) is 4.78. The van der Waals surface area contributed by atoms with Crippen LogP contribution in [-0.4, -0.2) is 22.6 Å². The minimum absolute atomic E-state index is 0.0153. The monoisotopic (exact) mass is 402 g/mol. The van der Waals surface area contributed by atoms with Crippen LogP contribution in [0.3, 0.4) is 0 Å². The summed E-state index contributed by atoms with van der Waals surface area (Å²) >= 11 is 15.6. The van der Waals surface area contributed by atoms with E-state index in [0.29, 0.717) is 5.69 Å². The molecule has 3 N–H and O–H groups in total. The Morgan fingerprint density at radius 1 is 1.45 bits per heavy atom. The number of carbonyl (C=O) groups is 1. The molecule has 1 aromatic heterocycles. The van der Waals surface area contributed by atoms with E-state index in [2.05, 4.69) is 20.9 Å². The minimum atomic E-state index is -0.733. The summed E-state index contributed by atoms with van der Waals surface area (Å²) in [4.78, 5) is 15.7. The average molecular weight is 404 g/mol. The maximum atomic E-state index is 11.5. The SMILES string of the molecule is Cc1cc(Br)ccc1C(CO)c1ncc(Cl)c(C(N)=O)c1Cl. The van der Waals surface area contributed by atoms with Gasteiger partial charge in [0.15, 0.2) is 0 Å². The zero-order chi connectivity index (χ0) is 16.4. The number of hydrogen-bond donors (Lipinski definition) is 2. The summed E-state index contributed by atoms with van der Waals surface area (Å²) in [5, 5.41) is 9.95. The van der Waals surface area contributed by atoms with E-state index in [1.54, 1.807) is 0 Å². The fourth-order valence-corrected chi connectivity index (χ4v) is 3.45. The molecule has 1 aromatic carbocycles. The molecule has 1 amide bonds. The lowest BCUT2D eigenvalue weighted by molar-refractivity contribution is 0.1000. The number of aryl methyl sites for hydroxylation is 1. The Labute approximate surface area is 146 Å². The van der Waals surface area contributed by atoms with Crippen LogP contribution in [0.1, 0.15) is 33.1 Å². The molecule has 116 valence electrons. The number of hydrogen-bond acceptors (Lipinski definition) is 3. The fraction of sp³-hybridized carbons (Fsp3) is 0.200. The molecule has 0 bridgehead atoms. The number of benzene rings is 1. The lowest BCUT2D eigenvalue weighted by Crippen LogP contribution is -2.17. The molecule has 0 saturated carbocycles.